The first-order valence-corrected chi connectivity index (χ1v) is 4.50. The second-order valence-corrected chi connectivity index (χ2v) is 3.21. The van der Waals surface area contributed by atoms with Gasteiger partial charge in [0.15, 0.2) is 5.78 Å². The van der Waals surface area contributed by atoms with Crippen LogP contribution in [-0.2, 0) is 11.2 Å². The highest BCUT2D eigenvalue weighted by atomic mass is 16.4. The van der Waals surface area contributed by atoms with Crippen LogP contribution in [0.15, 0.2) is 15.3 Å². The van der Waals surface area contributed by atoms with Crippen LogP contribution in [0.4, 0.5) is 0 Å². The predicted octanol–water partition coefficient (Wildman–Crippen LogP) is 0.565. The summed E-state index contributed by atoms with van der Waals surface area (Å²) >= 11 is 0. The van der Waals surface area contributed by atoms with Crippen molar-refractivity contribution in [2.45, 2.75) is 19.8 Å². The molecule has 0 radical (unpaired) electrons. The monoisotopic (exact) mass is 226 g/mol. The van der Waals surface area contributed by atoms with Gasteiger partial charge in [0.25, 0.3) is 0 Å². The van der Waals surface area contributed by atoms with Crippen molar-refractivity contribution in [3.05, 3.63) is 27.8 Å². The number of carboxylic acid groups (broad SMARTS) is 1. The first kappa shape index (κ1) is 12.0. The van der Waals surface area contributed by atoms with E-state index in [-0.39, 0.29) is 18.6 Å². The Morgan fingerprint density at radius 2 is 2.06 bits per heavy atom. The SMILES string of the molecule is CC(=O)c1c(O)cc(CCC(=O)O)oc1=O. The quantitative estimate of drug-likeness (QED) is 0.727. The van der Waals surface area contributed by atoms with Crippen LogP contribution in [0, 0.1) is 0 Å². The minimum Gasteiger partial charge on any atom is -0.507 e. The smallest absolute Gasteiger partial charge is 0.350 e. The number of carbonyl (C=O) groups is 2. The maximum absolute atomic E-state index is 11.3. The van der Waals surface area contributed by atoms with Gasteiger partial charge < -0.3 is 14.6 Å². The summed E-state index contributed by atoms with van der Waals surface area (Å²) in [5.74, 6) is -2.09. The third-order valence-electron chi connectivity index (χ3n) is 1.92. The molecule has 0 aromatic carbocycles. The molecule has 0 saturated heterocycles. The zero-order valence-electron chi connectivity index (χ0n) is 8.52. The molecule has 0 fully saturated rings. The van der Waals surface area contributed by atoms with E-state index in [1.165, 1.54) is 0 Å². The number of carbonyl (C=O) groups excluding carboxylic acids is 1. The molecule has 0 bridgehead atoms. The van der Waals surface area contributed by atoms with Crippen molar-refractivity contribution < 1.29 is 24.2 Å². The first-order valence-electron chi connectivity index (χ1n) is 4.50. The van der Waals surface area contributed by atoms with E-state index in [1.54, 1.807) is 0 Å². The summed E-state index contributed by atoms with van der Waals surface area (Å²) in [5.41, 5.74) is -1.37. The molecule has 0 unspecified atom stereocenters. The Labute approximate surface area is 90.1 Å². The van der Waals surface area contributed by atoms with E-state index in [0.717, 1.165) is 13.0 Å². The number of aliphatic carboxylic acids is 1. The van der Waals surface area contributed by atoms with Gasteiger partial charge in [0.1, 0.15) is 17.1 Å². The molecule has 0 aliphatic carbocycles. The predicted molar refractivity (Wildman–Crippen MR) is 52.6 cm³/mol. The Morgan fingerprint density at radius 1 is 1.44 bits per heavy atom. The Balaban J connectivity index is 3.05. The Bertz CT molecular complexity index is 485. The van der Waals surface area contributed by atoms with Crippen molar-refractivity contribution in [2.75, 3.05) is 0 Å². The van der Waals surface area contributed by atoms with Crippen molar-refractivity contribution in [3.63, 3.8) is 0 Å². The molecule has 0 spiro atoms. The lowest BCUT2D eigenvalue weighted by Crippen LogP contribution is -2.13. The lowest BCUT2D eigenvalue weighted by atomic mass is 10.1. The van der Waals surface area contributed by atoms with Gasteiger partial charge in [-0.25, -0.2) is 4.79 Å². The third-order valence-corrected chi connectivity index (χ3v) is 1.92. The van der Waals surface area contributed by atoms with Crippen LogP contribution < -0.4 is 5.63 Å². The van der Waals surface area contributed by atoms with E-state index in [1.807, 2.05) is 0 Å². The molecule has 0 atom stereocenters. The van der Waals surface area contributed by atoms with Gasteiger partial charge >= 0.3 is 11.6 Å². The molecule has 6 nitrogen and oxygen atoms in total. The van der Waals surface area contributed by atoms with Crippen LogP contribution in [0.5, 0.6) is 5.75 Å². The molecule has 86 valence electrons. The second kappa shape index (κ2) is 4.61. The number of Topliss-reactive ketones (excluding diaryl/α,β-unsaturated/α-hetero) is 1. The van der Waals surface area contributed by atoms with Gasteiger partial charge in [-0.05, 0) is 6.92 Å². The highest BCUT2D eigenvalue weighted by Gasteiger charge is 2.15. The van der Waals surface area contributed by atoms with Crippen molar-refractivity contribution in [2.24, 2.45) is 0 Å². The van der Waals surface area contributed by atoms with Gasteiger partial charge in [0, 0.05) is 12.5 Å². The molecule has 16 heavy (non-hydrogen) atoms. The van der Waals surface area contributed by atoms with Gasteiger partial charge in [0.2, 0.25) is 0 Å². The van der Waals surface area contributed by atoms with E-state index in [4.69, 9.17) is 9.52 Å². The Morgan fingerprint density at radius 3 is 2.50 bits per heavy atom. The van der Waals surface area contributed by atoms with Crippen LogP contribution in [0.3, 0.4) is 0 Å². The molecule has 1 rings (SSSR count). The van der Waals surface area contributed by atoms with E-state index >= 15 is 0 Å². The van der Waals surface area contributed by atoms with Crippen molar-refractivity contribution in [1.29, 1.82) is 0 Å². The van der Waals surface area contributed by atoms with Gasteiger partial charge in [-0.15, -0.1) is 0 Å². The number of hydrogen-bond acceptors (Lipinski definition) is 5. The molecule has 0 aliphatic rings. The molecule has 0 amide bonds. The van der Waals surface area contributed by atoms with Crippen molar-refractivity contribution >= 4 is 11.8 Å². The van der Waals surface area contributed by atoms with Gasteiger partial charge in [0.05, 0.1) is 6.42 Å². The number of hydrogen-bond donors (Lipinski definition) is 2. The molecular weight excluding hydrogens is 216 g/mol. The summed E-state index contributed by atoms with van der Waals surface area (Å²) in [6.45, 7) is 1.13. The molecule has 1 heterocycles. The van der Waals surface area contributed by atoms with Crippen LogP contribution in [-0.4, -0.2) is 22.0 Å². The van der Waals surface area contributed by atoms with Gasteiger partial charge in [-0.2, -0.15) is 0 Å². The summed E-state index contributed by atoms with van der Waals surface area (Å²) in [6.07, 6.45) is -0.238. The lowest BCUT2D eigenvalue weighted by molar-refractivity contribution is -0.137. The number of carboxylic acids is 1. The highest BCUT2D eigenvalue weighted by Crippen LogP contribution is 2.16. The minimum atomic E-state index is -1.04. The summed E-state index contributed by atoms with van der Waals surface area (Å²) in [5, 5.41) is 17.8. The van der Waals surface area contributed by atoms with Crippen LogP contribution in [0.1, 0.15) is 29.5 Å². The minimum absolute atomic E-state index is 0.0175. The number of rotatable bonds is 4. The lowest BCUT2D eigenvalue weighted by Gasteiger charge is -2.01. The third kappa shape index (κ3) is 2.69. The van der Waals surface area contributed by atoms with Gasteiger partial charge in [-0.3, -0.25) is 9.59 Å². The fourth-order valence-corrected chi connectivity index (χ4v) is 1.21. The number of aryl methyl sites for hydroxylation is 1. The normalized spacial score (nSPS) is 10.1. The summed E-state index contributed by atoms with van der Waals surface area (Å²) in [4.78, 5) is 32.5. The molecule has 6 heteroatoms. The maximum Gasteiger partial charge on any atom is 0.350 e. The molecular formula is C10H10O6. The van der Waals surface area contributed by atoms with E-state index < -0.39 is 28.7 Å². The standard InChI is InChI=1S/C10H10O6/c1-5(11)9-7(12)4-6(16-10(9)15)2-3-8(13)14/h4,12H,2-3H2,1H3,(H,13,14). The summed E-state index contributed by atoms with van der Waals surface area (Å²) in [7, 11) is 0. The molecule has 1 aromatic heterocycles. The Hall–Kier alpha value is -2.11. The van der Waals surface area contributed by atoms with Gasteiger partial charge in [-0.1, -0.05) is 0 Å². The fourth-order valence-electron chi connectivity index (χ4n) is 1.21. The summed E-state index contributed by atoms with van der Waals surface area (Å²) < 4.78 is 4.70. The van der Waals surface area contributed by atoms with E-state index in [2.05, 4.69) is 0 Å². The average Bonchev–Trinajstić information content (AvgIpc) is 2.12. The van der Waals surface area contributed by atoms with Crippen molar-refractivity contribution in [3.8, 4) is 5.75 Å². The first-order chi connectivity index (χ1) is 7.41. The van der Waals surface area contributed by atoms with Crippen LogP contribution in [0.25, 0.3) is 0 Å². The highest BCUT2D eigenvalue weighted by molar-refractivity contribution is 5.96. The van der Waals surface area contributed by atoms with Crippen molar-refractivity contribution in [1.82, 2.24) is 0 Å². The topological polar surface area (TPSA) is 105 Å². The van der Waals surface area contributed by atoms with E-state index in [9.17, 15) is 19.5 Å². The summed E-state index contributed by atoms with van der Waals surface area (Å²) in [6, 6.07) is 1.08. The zero-order valence-corrected chi connectivity index (χ0v) is 8.52. The second-order valence-electron chi connectivity index (χ2n) is 3.21. The molecule has 1 aromatic rings. The molecule has 0 aliphatic heterocycles. The fraction of sp³-hybridized carbons (Fsp3) is 0.300. The molecule has 2 N–H and O–H groups in total. The average molecular weight is 226 g/mol. The Kier molecular flexibility index (Phi) is 3.44. The molecule has 0 saturated carbocycles. The number of aromatic hydroxyl groups is 1. The van der Waals surface area contributed by atoms with Crippen LogP contribution >= 0.6 is 0 Å². The number of ketones is 1. The van der Waals surface area contributed by atoms with E-state index in [0.29, 0.717) is 0 Å². The zero-order chi connectivity index (χ0) is 12.3. The maximum atomic E-state index is 11.3. The largest absolute Gasteiger partial charge is 0.507 e. The van der Waals surface area contributed by atoms with Crippen LogP contribution in [0.2, 0.25) is 0 Å².